The first-order valence-corrected chi connectivity index (χ1v) is 7.41. The normalized spacial score (nSPS) is 10.4. The van der Waals surface area contributed by atoms with Crippen molar-refractivity contribution < 1.29 is 9.90 Å². The van der Waals surface area contributed by atoms with E-state index in [1.807, 2.05) is 37.3 Å². The predicted molar refractivity (Wildman–Crippen MR) is 90.1 cm³/mol. The molecular weight excluding hydrogens is 302 g/mol. The summed E-state index contributed by atoms with van der Waals surface area (Å²) in [6.07, 6.45) is 0. The number of benzene rings is 2. The number of aromatic nitrogens is 2. The summed E-state index contributed by atoms with van der Waals surface area (Å²) in [7, 11) is 0. The van der Waals surface area contributed by atoms with Gasteiger partial charge in [-0.2, -0.15) is 10.4 Å². The molecule has 0 aliphatic carbocycles. The molecule has 0 spiro atoms. The molecule has 0 aliphatic heterocycles. The van der Waals surface area contributed by atoms with Crippen LogP contribution >= 0.6 is 0 Å². The van der Waals surface area contributed by atoms with E-state index >= 15 is 0 Å². The van der Waals surface area contributed by atoms with E-state index in [0.29, 0.717) is 22.5 Å². The first-order valence-electron chi connectivity index (χ1n) is 7.41. The Morgan fingerprint density at radius 1 is 1.08 bits per heavy atom. The van der Waals surface area contributed by atoms with Gasteiger partial charge in [0.1, 0.15) is 11.3 Å². The summed E-state index contributed by atoms with van der Waals surface area (Å²) in [5, 5.41) is 23.0. The first kappa shape index (κ1) is 15.5. The van der Waals surface area contributed by atoms with E-state index in [1.165, 1.54) is 0 Å². The number of hydrogen-bond donors (Lipinski definition) is 1. The van der Waals surface area contributed by atoms with Crippen molar-refractivity contribution in [3.05, 3.63) is 70.9 Å². The number of nitrogens with zero attached hydrogens (tertiary/aromatic N) is 3. The fourth-order valence-electron chi connectivity index (χ4n) is 2.60. The Hall–Kier alpha value is -3.39. The minimum atomic E-state index is -1.02. The highest BCUT2D eigenvalue weighted by molar-refractivity contribution is 5.96. The minimum Gasteiger partial charge on any atom is -0.478 e. The fourth-order valence-corrected chi connectivity index (χ4v) is 2.60. The third-order valence-electron chi connectivity index (χ3n) is 3.90. The standard InChI is InChI=1S/C19H15N3O2/c1-12-3-9-16(10-4-12)22-13(2)17(19(23)24)18(21-22)15-7-5-14(11-20)6-8-15/h3-10H,1-2H3,(H,23,24). The summed E-state index contributed by atoms with van der Waals surface area (Å²) in [6.45, 7) is 3.73. The molecule has 3 aromatic rings. The molecule has 0 fully saturated rings. The zero-order chi connectivity index (χ0) is 17.3. The number of carboxylic acids is 1. The molecule has 0 unspecified atom stereocenters. The van der Waals surface area contributed by atoms with Gasteiger partial charge in [-0.1, -0.05) is 29.8 Å². The van der Waals surface area contributed by atoms with Gasteiger partial charge in [-0.3, -0.25) is 0 Å². The van der Waals surface area contributed by atoms with Crippen LogP contribution in [0.4, 0.5) is 0 Å². The molecule has 24 heavy (non-hydrogen) atoms. The smallest absolute Gasteiger partial charge is 0.339 e. The van der Waals surface area contributed by atoms with E-state index < -0.39 is 5.97 Å². The third-order valence-corrected chi connectivity index (χ3v) is 3.90. The molecule has 0 aliphatic rings. The van der Waals surface area contributed by atoms with Crippen LogP contribution < -0.4 is 0 Å². The molecule has 1 aromatic heterocycles. The second-order valence-electron chi connectivity index (χ2n) is 5.55. The van der Waals surface area contributed by atoms with Crippen molar-refractivity contribution in [1.82, 2.24) is 9.78 Å². The van der Waals surface area contributed by atoms with E-state index in [9.17, 15) is 9.90 Å². The Labute approximate surface area is 139 Å². The van der Waals surface area contributed by atoms with Gasteiger partial charge in [0.15, 0.2) is 0 Å². The number of aryl methyl sites for hydroxylation is 1. The minimum absolute atomic E-state index is 0.167. The molecule has 118 valence electrons. The highest BCUT2D eigenvalue weighted by Crippen LogP contribution is 2.27. The maximum Gasteiger partial charge on any atom is 0.339 e. The number of carbonyl (C=O) groups is 1. The van der Waals surface area contributed by atoms with Crippen LogP contribution in [-0.4, -0.2) is 20.9 Å². The maximum atomic E-state index is 11.7. The van der Waals surface area contributed by atoms with Gasteiger partial charge in [0.2, 0.25) is 0 Å². The Morgan fingerprint density at radius 3 is 2.25 bits per heavy atom. The topological polar surface area (TPSA) is 78.9 Å². The Bertz CT molecular complexity index is 946. The molecule has 0 amide bonds. The van der Waals surface area contributed by atoms with E-state index in [-0.39, 0.29) is 5.56 Å². The average molecular weight is 317 g/mol. The molecule has 3 rings (SSSR count). The van der Waals surface area contributed by atoms with E-state index in [2.05, 4.69) is 5.10 Å². The lowest BCUT2D eigenvalue weighted by Gasteiger charge is -2.04. The van der Waals surface area contributed by atoms with Crippen LogP contribution in [0.25, 0.3) is 16.9 Å². The lowest BCUT2D eigenvalue weighted by molar-refractivity contribution is 0.0697. The Kier molecular flexibility index (Phi) is 3.88. The summed E-state index contributed by atoms with van der Waals surface area (Å²) in [5.41, 5.74) is 4.23. The summed E-state index contributed by atoms with van der Waals surface area (Å²) in [5.74, 6) is -1.02. The Balaban J connectivity index is 2.18. The van der Waals surface area contributed by atoms with Gasteiger partial charge >= 0.3 is 5.97 Å². The summed E-state index contributed by atoms with van der Waals surface area (Å²) in [4.78, 5) is 11.7. The van der Waals surface area contributed by atoms with Crippen LogP contribution in [0.3, 0.4) is 0 Å². The van der Waals surface area contributed by atoms with Crippen LogP contribution in [0, 0.1) is 25.2 Å². The SMILES string of the molecule is Cc1ccc(-n2nc(-c3ccc(C#N)cc3)c(C(=O)O)c2C)cc1. The van der Waals surface area contributed by atoms with E-state index in [1.54, 1.807) is 35.9 Å². The zero-order valence-electron chi connectivity index (χ0n) is 13.3. The second-order valence-corrected chi connectivity index (χ2v) is 5.55. The molecule has 5 nitrogen and oxygen atoms in total. The third kappa shape index (κ3) is 2.66. The van der Waals surface area contributed by atoms with Crippen molar-refractivity contribution in [1.29, 1.82) is 5.26 Å². The molecule has 0 saturated heterocycles. The van der Waals surface area contributed by atoms with Gasteiger partial charge in [-0.05, 0) is 38.1 Å². The Morgan fingerprint density at radius 2 is 1.71 bits per heavy atom. The fraction of sp³-hybridized carbons (Fsp3) is 0.105. The summed E-state index contributed by atoms with van der Waals surface area (Å²) < 4.78 is 1.64. The van der Waals surface area contributed by atoms with Gasteiger partial charge in [-0.25, -0.2) is 9.48 Å². The van der Waals surface area contributed by atoms with Crippen LogP contribution in [0.1, 0.15) is 27.2 Å². The van der Waals surface area contributed by atoms with Crippen molar-refractivity contribution >= 4 is 5.97 Å². The quantitative estimate of drug-likeness (QED) is 0.798. The van der Waals surface area contributed by atoms with E-state index in [0.717, 1.165) is 11.3 Å². The van der Waals surface area contributed by atoms with Gasteiger partial charge in [0.05, 0.1) is 23.0 Å². The highest BCUT2D eigenvalue weighted by atomic mass is 16.4. The molecule has 2 aromatic carbocycles. The molecule has 1 N–H and O–H groups in total. The largest absolute Gasteiger partial charge is 0.478 e. The molecule has 0 radical (unpaired) electrons. The van der Waals surface area contributed by atoms with Crippen LogP contribution in [0.2, 0.25) is 0 Å². The van der Waals surface area contributed by atoms with Crippen molar-refractivity contribution in [3.8, 4) is 23.0 Å². The molecule has 0 bridgehead atoms. The lowest BCUT2D eigenvalue weighted by atomic mass is 10.0. The predicted octanol–water partition coefficient (Wildman–Crippen LogP) is 3.73. The zero-order valence-corrected chi connectivity index (χ0v) is 13.3. The van der Waals surface area contributed by atoms with Crippen LogP contribution in [0.5, 0.6) is 0 Å². The second kappa shape index (κ2) is 6.01. The molecule has 5 heteroatoms. The first-order chi connectivity index (χ1) is 11.5. The van der Waals surface area contributed by atoms with Gasteiger partial charge in [-0.15, -0.1) is 0 Å². The number of aromatic carboxylic acids is 1. The molecule has 0 atom stereocenters. The molecule has 1 heterocycles. The van der Waals surface area contributed by atoms with Gasteiger partial charge < -0.3 is 5.11 Å². The highest BCUT2D eigenvalue weighted by Gasteiger charge is 2.22. The summed E-state index contributed by atoms with van der Waals surface area (Å²) in [6, 6.07) is 16.5. The van der Waals surface area contributed by atoms with Crippen LogP contribution in [0.15, 0.2) is 48.5 Å². The van der Waals surface area contributed by atoms with Crippen molar-refractivity contribution in [2.45, 2.75) is 13.8 Å². The maximum absolute atomic E-state index is 11.7. The van der Waals surface area contributed by atoms with Crippen molar-refractivity contribution in [3.63, 3.8) is 0 Å². The van der Waals surface area contributed by atoms with Gasteiger partial charge in [0.25, 0.3) is 0 Å². The number of nitriles is 1. The number of hydrogen-bond acceptors (Lipinski definition) is 3. The number of rotatable bonds is 3. The average Bonchev–Trinajstić information content (AvgIpc) is 2.93. The van der Waals surface area contributed by atoms with Crippen molar-refractivity contribution in [2.75, 3.05) is 0 Å². The number of carboxylic acid groups (broad SMARTS) is 1. The van der Waals surface area contributed by atoms with Gasteiger partial charge in [0, 0.05) is 5.56 Å². The van der Waals surface area contributed by atoms with E-state index in [4.69, 9.17) is 5.26 Å². The monoisotopic (exact) mass is 317 g/mol. The molecular formula is C19H15N3O2. The van der Waals surface area contributed by atoms with Crippen molar-refractivity contribution in [2.24, 2.45) is 0 Å². The van der Waals surface area contributed by atoms with Crippen LogP contribution in [-0.2, 0) is 0 Å². The lowest BCUT2D eigenvalue weighted by Crippen LogP contribution is -2.02. The summed E-state index contributed by atoms with van der Waals surface area (Å²) >= 11 is 0. The molecule has 0 saturated carbocycles.